The number of aliphatic imine (C=N–C) groups is 1. The molecule has 0 spiro atoms. The van der Waals surface area contributed by atoms with Gasteiger partial charge in [-0.1, -0.05) is 61.8 Å². The second-order valence-electron chi connectivity index (χ2n) is 12.7. The van der Waals surface area contributed by atoms with Crippen molar-refractivity contribution in [3.63, 3.8) is 0 Å². The Morgan fingerprint density at radius 2 is 1.73 bits per heavy atom. The summed E-state index contributed by atoms with van der Waals surface area (Å²) in [7, 11) is 2.18. The molecule has 2 aromatic carbocycles. The average molecular weight is 624 g/mol. The fourth-order valence-electron chi connectivity index (χ4n) is 6.21. The zero-order chi connectivity index (χ0) is 31.6. The Morgan fingerprint density at radius 1 is 1.05 bits per heavy atom. The van der Waals surface area contributed by atoms with Gasteiger partial charge in [0.1, 0.15) is 6.04 Å². The van der Waals surface area contributed by atoms with Gasteiger partial charge in [0.25, 0.3) is 0 Å². The lowest BCUT2D eigenvalue weighted by Gasteiger charge is -2.47. The van der Waals surface area contributed by atoms with Gasteiger partial charge in [-0.2, -0.15) is 0 Å². The van der Waals surface area contributed by atoms with Crippen LogP contribution in [0.15, 0.2) is 53.5 Å². The Bertz CT molecular complexity index is 1220. The number of nitrogens with zero attached hydrogens (tertiary/aromatic N) is 5. The quantitative estimate of drug-likeness (QED) is 0.330. The highest BCUT2D eigenvalue weighted by atomic mass is 35.5. The molecule has 0 aliphatic carbocycles. The number of halogens is 1. The van der Waals surface area contributed by atoms with E-state index < -0.39 is 12.1 Å². The highest BCUT2D eigenvalue weighted by Gasteiger charge is 2.34. The van der Waals surface area contributed by atoms with E-state index in [9.17, 15) is 9.59 Å². The van der Waals surface area contributed by atoms with E-state index in [0.717, 1.165) is 62.3 Å². The van der Waals surface area contributed by atoms with E-state index in [1.54, 1.807) is 0 Å². The Kier molecular flexibility index (Phi) is 12.8. The van der Waals surface area contributed by atoms with Crippen molar-refractivity contribution in [1.29, 1.82) is 0 Å². The third-order valence-electron chi connectivity index (χ3n) is 8.66. The van der Waals surface area contributed by atoms with Gasteiger partial charge < -0.3 is 20.9 Å². The fourth-order valence-corrected chi connectivity index (χ4v) is 6.33. The van der Waals surface area contributed by atoms with Crippen LogP contribution < -0.4 is 11.1 Å². The van der Waals surface area contributed by atoms with Crippen LogP contribution in [0.4, 0.5) is 0 Å². The van der Waals surface area contributed by atoms with Crippen LogP contribution in [0, 0.1) is 5.92 Å². The van der Waals surface area contributed by atoms with Gasteiger partial charge in [0, 0.05) is 75.8 Å². The molecule has 0 aromatic heterocycles. The van der Waals surface area contributed by atoms with Gasteiger partial charge in [0.2, 0.25) is 11.8 Å². The molecule has 0 saturated carbocycles. The lowest BCUT2D eigenvalue weighted by molar-refractivity contribution is -0.140. The molecule has 10 heteroatoms. The summed E-state index contributed by atoms with van der Waals surface area (Å²) in [6, 6.07) is 14.4. The molecule has 240 valence electrons. The maximum Gasteiger partial charge on any atom is 0.245 e. The van der Waals surface area contributed by atoms with Crippen LogP contribution in [0.1, 0.15) is 55.8 Å². The molecule has 0 radical (unpaired) electrons. The number of carbonyl (C=O) groups excluding carboxylic acids is 2. The minimum absolute atomic E-state index is 0.0469. The molecule has 3 N–H and O–H groups in total. The molecule has 2 atom stereocenters. The number of nitrogens with one attached hydrogen (secondary N) is 1. The van der Waals surface area contributed by atoms with Crippen molar-refractivity contribution in [3.8, 4) is 0 Å². The lowest BCUT2D eigenvalue weighted by Crippen LogP contribution is -2.60. The molecule has 9 nitrogen and oxygen atoms in total. The second kappa shape index (κ2) is 16.5. The number of amides is 2. The first-order valence-corrected chi connectivity index (χ1v) is 16.3. The summed E-state index contributed by atoms with van der Waals surface area (Å²) < 4.78 is 0. The minimum atomic E-state index is -0.687. The maximum absolute atomic E-state index is 14.0. The summed E-state index contributed by atoms with van der Waals surface area (Å²) in [6.07, 6.45) is 2.28. The Balaban J connectivity index is 1.41. The van der Waals surface area contributed by atoms with Gasteiger partial charge in [-0.25, -0.2) is 10.0 Å². The number of hydrogen-bond donors (Lipinski definition) is 2. The topological polar surface area (TPSA) is 97.5 Å². The second-order valence-corrected chi connectivity index (χ2v) is 13.2. The standard InChI is InChI=1S/C34H50ClN7O2/c1-25(2)24-42(41-18-16-39(4)17-19-41)30-12-14-40(15-13-30)34(44)32(21-26-8-10-29(35)11-9-26)38-33(43)22-31(36)28-7-5-6-27(20-28)23-37-3/h5-11,20,25,30-32H,3,12-19,21-24,36H2,1-2,4H3,(H,38,43). The number of piperazine rings is 1. The van der Waals surface area contributed by atoms with E-state index in [1.807, 2.05) is 53.4 Å². The van der Waals surface area contributed by atoms with Crippen molar-refractivity contribution in [2.45, 2.75) is 64.2 Å². The largest absolute Gasteiger partial charge is 0.344 e. The van der Waals surface area contributed by atoms with Crippen LogP contribution in [0.5, 0.6) is 0 Å². The van der Waals surface area contributed by atoms with Crippen LogP contribution in [0.2, 0.25) is 5.02 Å². The highest BCUT2D eigenvalue weighted by molar-refractivity contribution is 6.30. The van der Waals surface area contributed by atoms with Gasteiger partial charge in [0.05, 0.1) is 6.54 Å². The smallest absolute Gasteiger partial charge is 0.245 e. The van der Waals surface area contributed by atoms with Crippen molar-refractivity contribution in [1.82, 2.24) is 25.1 Å². The van der Waals surface area contributed by atoms with Crippen molar-refractivity contribution in [2.24, 2.45) is 16.6 Å². The van der Waals surface area contributed by atoms with Crippen molar-refractivity contribution >= 4 is 30.1 Å². The van der Waals surface area contributed by atoms with Crippen LogP contribution in [0.25, 0.3) is 0 Å². The molecule has 0 bridgehead atoms. The number of benzene rings is 2. The molecule has 2 heterocycles. The molecular formula is C34H50ClN7O2. The first-order chi connectivity index (χ1) is 21.1. The predicted octanol–water partition coefficient (Wildman–Crippen LogP) is 3.77. The molecular weight excluding hydrogens is 574 g/mol. The maximum atomic E-state index is 14.0. The Hall–Kier alpha value is -2.82. The van der Waals surface area contributed by atoms with E-state index in [0.29, 0.717) is 43.0 Å². The molecule has 2 amide bonds. The number of likely N-dealkylation sites (N-methyl/N-ethyl adjacent to an activating group) is 1. The van der Waals surface area contributed by atoms with E-state index in [4.69, 9.17) is 17.3 Å². The average Bonchev–Trinajstić information content (AvgIpc) is 3.01. The molecule has 2 unspecified atom stereocenters. The first-order valence-electron chi connectivity index (χ1n) is 15.9. The minimum Gasteiger partial charge on any atom is -0.344 e. The van der Waals surface area contributed by atoms with E-state index >= 15 is 0 Å². The molecule has 2 aromatic rings. The van der Waals surface area contributed by atoms with E-state index in [2.05, 4.69) is 52.8 Å². The Labute approximate surface area is 268 Å². The van der Waals surface area contributed by atoms with E-state index in [-0.39, 0.29) is 18.2 Å². The number of likely N-dealkylation sites (tertiary alicyclic amines) is 1. The van der Waals surface area contributed by atoms with Crippen LogP contribution in [0.3, 0.4) is 0 Å². The van der Waals surface area contributed by atoms with Gasteiger partial charge >= 0.3 is 0 Å². The van der Waals surface area contributed by atoms with Crippen LogP contribution in [-0.4, -0.2) is 103 Å². The normalized spacial score (nSPS) is 18.4. The SMILES string of the molecule is C=NCc1cccc(C(N)CC(=O)NC(Cc2ccc(Cl)cc2)C(=O)N2CCC(N(CC(C)C)N3CCN(C)CC3)CC2)c1. The number of nitrogens with two attached hydrogens (primary N) is 1. The van der Waals surface area contributed by atoms with Crippen molar-refractivity contribution in [2.75, 3.05) is 52.9 Å². The first kappa shape index (κ1) is 34.1. The zero-order valence-corrected chi connectivity index (χ0v) is 27.4. The Morgan fingerprint density at radius 3 is 2.36 bits per heavy atom. The van der Waals surface area contributed by atoms with Gasteiger partial charge in [-0.3, -0.25) is 14.6 Å². The third-order valence-corrected chi connectivity index (χ3v) is 8.91. The monoisotopic (exact) mass is 623 g/mol. The molecule has 2 saturated heterocycles. The predicted molar refractivity (Wildman–Crippen MR) is 179 cm³/mol. The lowest BCUT2D eigenvalue weighted by atomic mass is 9.99. The molecule has 2 fully saturated rings. The van der Waals surface area contributed by atoms with Crippen LogP contribution >= 0.6 is 11.6 Å². The fraction of sp³-hybridized carbons (Fsp3) is 0.559. The van der Waals surface area contributed by atoms with Gasteiger partial charge in [-0.15, -0.1) is 0 Å². The van der Waals surface area contributed by atoms with E-state index in [1.165, 1.54) is 0 Å². The van der Waals surface area contributed by atoms with Gasteiger partial charge in [-0.05, 0) is 61.3 Å². The molecule has 2 aliphatic heterocycles. The number of piperidine rings is 1. The summed E-state index contributed by atoms with van der Waals surface area (Å²) in [5.41, 5.74) is 9.23. The molecule has 2 aliphatic rings. The number of hydrazine groups is 1. The van der Waals surface area contributed by atoms with Crippen LogP contribution in [-0.2, 0) is 22.6 Å². The zero-order valence-electron chi connectivity index (χ0n) is 26.6. The molecule has 44 heavy (non-hydrogen) atoms. The molecule has 4 rings (SSSR count). The van der Waals surface area contributed by atoms with Gasteiger partial charge in [0.15, 0.2) is 0 Å². The summed E-state index contributed by atoms with van der Waals surface area (Å²) in [5.74, 6) is 0.264. The van der Waals surface area contributed by atoms with Crippen molar-refractivity contribution < 1.29 is 9.59 Å². The summed E-state index contributed by atoms with van der Waals surface area (Å²) >= 11 is 6.12. The number of rotatable bonds is 13. The number of carbonyl (C=O) groups is 2. The number of hydrogen-bond acceptors (Lipinski definition) is 7. The van der Waals surface area contributed by atoms with Crippen molar-refractivity contribution in [3.05, 3.63) is 70.2 Å². The third kappa shape index (κ3) is 9.84. The summed E-state index contributed by atoms with van der Waals surface area (Å²) in [4.78, 5) is 35.5. The summed E-state index contributed by atoms with van der Waals surface area (Å²) in [5, 5.41) is 8.78. The summed E-state index contributed by atoms with van der Waals surface area (Å²) in [6.45, 7) is 15.2. The highest BCUT2D eigenvalue weighted by Crippen LogP contribution is 2.23.